The standard InChI is InChI=1S/C11H11BrN4OS/c1-18-11-14-9(16-13)6-10(15-11)17-8-4-2-3-7(12)5-8/h2-6H,13H2,1H3,(H,14,15,16). The third-order valence-corrected chi connectivity index (χ3v) is 3.07. The molecule has 0 aliphatic rings. The van der Waals surface area contributed by atoms with Gasteiger partial charge in [-0.25, -0.2) is 10.8 Å². The van der Waals surface area contributed by atoms with Crippen LogP contribution in [0.15, 0.2) is 40.0 Å². The Hall–Kier alpha value is -1.31. The van der Waals surface area contributed by atoms with Gasteiger partial charge in [-0.15, -0.1) is 0 Å². The van der Waals surface area contributed by atoms with E-state index >= 15 is 0 Å². The summed E-state index contributed by atoms with van der Waals surface area (Å²) in [6.45, 7) is 0. The predicted molar refractivity (Wildman–Crippen MR) is 75.8 cm³/mol. The van der Waals surface area contributed by atoms with Crippen LogP contribution in [0.2, 0.25) is 0 Å². The molecule has 0 aliphatic heterocycles. The second-order valence-electron chi connectivity index (χ2n) is 3.28. The number of aromatic nitrogens is 2. The number of thioether (sulfide) groups is 1. The number of hydrazine groups is 1. The third-order valence-electron chi connectivity index (χ3n) is 2.03. The van der Waals surface area contributed by atoms with Crippen LogP contribution in [0.3, 0.4) is 0 Å². The number of rotatable bonds is 4. The fourth-order valence-electron chi connectivity index (χ4n) is 1.27. The number of nitrogen functional groups attached to an aromatic ring is 1. The Bertz CT molecular complexity index is 530. The van der Waals surface area contributed by atoms with Crippen LogP contribution in [0.5, 0.6) is 11.6 Å². The molecule has 0 saturated heterocycles. The number of anilines is 1. The van der Waals surface area contributed by atoms with Crippen LogP contribution in [0.4, 0.5) is 5.82 Å². The van der Waals surface area contributed by atoms with E-state index in [4.69, 9.17) is 10.6 Å². The third kappa shape index (κ3) is 3.34. The lowest BCUT2D eigenvalue weighted by atomic mass is 10.3. The molecule has 1 aromatic heterocycles. The first-order valence-electron chi connectivity index (χ1n) is 5.04. The predicted octanol–water partition coefficient (Wildman–Crippen LogP) is 3.04. The molecule has 0 aliphatic carbocycles. The average Bonchev–Trinajstić information content (AvgIpc) is 2.38. The van der Waals surface area contributed by atoms with Crippen molar-refractivity contribution >= 4 is 33.5 Å². The van der Waals surface area contributed by atoms with Crippen molar-refractivity contribution in [3.63, 3.8) is 0 Å². The topological polar surface area (TPSA) is 73.1 Å². The van der Waals surface area contributed by atoms with Crippen LogP contribution in [0.1, 0.15) is 0 Å². The number of nitrogens with one attached hydrogen (secondary N) is 1. The Balaban J connectivity index is 2.28. The molecular weight excluding hydrogens is 316 g/mol. The molecule has 0 fully saturated rings. The summed E-state index contributed by atoms with van der Waals surface area (Å²) in [7, 11) is 0. The Morgan fingerprint density at radius 2 is 2.17 bits per heavy atom. The van der Waals surface area contributed by atoms with Crippen LogP contribution >= 0.6 is 27.7 Å². The fourth-order valence-corrected chi connectivity index (χ4v) is 2.02. The van der Waals surface area contributed by atoms with E-state index in [1.807, 2.05) is 30.5 Å². The Morgan fingerprint density at radius 3 is 2.83 bits per heavy atom. The molecule has 0 radical (unpaired) electrons. The van der Waals surface area contributed by atoms with Crippen LogP contribution in [-0.2, 0) is 0 Å². The fraction of sp³-hybridized carbons (Fsp3) is 0.0909. The van der Waals surface area contributed by atoms with Crippen LogP contribution in [0, 0.1) is 0 Å². The zero-order chi connectivity index (χ0) is 13.0. The highest BCUT2D eigenvalue weighted by molar-refractivity contribution is 9.10. The van der Waals surface area contributed by atoms with Gasteiger partial charge < -0.3 is 10.2 Å². The van der Waals surface area contributed by atoms with E-state index in [0.29, 0.717) is 22.6 Å². The maximum absolute atomic E-state index is 5.65. The average molecular weight is 327 g/mol. The number of hydrogen-bond donors (Lipinski definition) is 2. The van der Waals surface area contributed by atoms with Crippen molar-refractivity contribution in [2.24, 2.45) is 5.84 Å². The van der Waals surface area contributed by atoms with E-state index in [9.17, 15) is 0 Å². The Morgan fingerprint density at radius 1 is 1.33 bits per heavy atom. The second-order valence-corrected chi connectivity index (χ2v) is 4.97. The first-order chi connectivity index (χ1) is 8.71. The van der Waals surface area contributed by atoms with E-state index in [0.717, 1.165) is 4.47 Å². The second kappa shape index (κ2) is 6.03. The lowest BCUT2D eigenvalue weighted by Gasteiger charge is -2.08. The molecule has 0 spiro atoms. The van der Waals surface area contributed by atoms with Gasteiger partial charge >= 0.3 is 0 Å². The molecule has 0 amide bonds. The summed E-state index contributed by atoms with van der Waals surface area (Å²) in [6, 6.07) is 9.16. The van der Waals surface area contributed by atoms with Crippen molar-refractivity contribution < 1.29 is 4.74 Å². The molecule has 2 rings (SSSR count). The Kier molecular flexibility index (Phi) is 4.40. The zero-order valence-electron chi connectivity index (χ0n) is 9.55. The van der Waals surface area contributed by atoms with Gasteiger partial charge in [0.05, 0.1) is 0 Å². The number of benzene rings is 1. The van der Waals surface area contributed by atoms with E-state index in [1.54, 1.807) is 6.07 Å². The van der Waals surface area contributed by atoms with Crippen molar-refractivity contribution in [1.29, 1.82) is 0 Å². The number of halogens is 1. The summed E-state index contributed by atoms with van der Waals surface area (Å²) < 4.78 is 6.60. The van der Waals surface area contributed by atoms with Crippen molar-refractivity contribution in [1.82, 2.24) is 9.97 Å². The summed E-state index contributed by atoms with van der Waals surface area (Å²) in [4.78, 5) is 8.40. The minimum absolute atomic E-state index is 0.445. The summed E-state index contributed by atoms with van der Waals surface area (Å²) in [5.41, 5.74) is 2.49. The highest BCUT2D eigenvalue weighted by Gasteiger charge is 2.05. The molecule has 1 aromatic carbocycles. The van der Waals surface area contributed by atoms with E-state index in [-0.39, 0.29) is 0 Å². The number of nitrogens with zero attached hydrogens (tertiary/aromatic N) is 2. The highest BCUT2D eigenvalue weighted by atomic mass is 79.9. The maximum atomic E-state index is 5.65. The van der Waals surface area contributed by atoms with Crippen LogP contribution in [-0.4, -0.2) is 16.2 Å². The number of ether oxygens (including phenoxy) is 1. The molecule has 18 heavy (non-hydrogen) atoms. The Labute approximate surface area is 117 Å². The largest absolute Gasteiger partial charge is 0.439 e. The first-order valence-corrected chi connectivity index (χ1v) is 7.06. The van der Waals surface area contributed by atoms with Gasteiger partial charge in [-0.05, 0) is 24.5 Å². The normalized spacial score (nSPS) is 10.2. The van der Waals surface area contributed by atoms with Gasteiger partial charge in [-0.2, -0.15) is 4.98 Å². The summed E-state index contributed by atoms with van der Waals surface area (Å²) in [5, 5.41) is 0.593. The summed E-state index contributed by atoms with van der Waals surface area (Å²) >= 11 is 4.80. The van der Waals surface area contributed by atoms with Gasteiger partial charge in [-0.1, -0.05) is 33.8 Å². The zero-order valence-corrected chi connectivity index (χ0v) is 12.0. The summed E-state index contributed by atoms with van der Waals surface area (Å²) in [5.74, 6) is 7.00. The molecule has 2 aromatic rings. The molecule has 94 valence electrons. The molecule has 3 N–H and O–H groups in total. The van der Waals surface area contributed by atoms with Gasteiger partial charge in [0.25, 0.3) is 0 Å². The smallest absolute Gasteiger partial charge is 0.225 e. The van der Waals surface area contributed by atoms with Crippen molar-refractivity contribution in [2.75, 3.05) is 11.7 Å². The highest BCUT2D eigenvalue weighted by Crippen LogP contribution is 2.25. The van der Waals surface area contributed by atoms with Gasteiger partial charge in [0.15, 0.2) is 5.16 Å². The van der Waals surface area contributed by atoms with Gasteiger partial charge in [0.2, 0.25) is 5.88 Å². The lowest BCUT2D eigenvalue weighted by molar-refractivity contribution is 0.456. The van der Waals surface area contributed by atoms with Crippen molar-refractivity contribution in [3.05, 3.63) is 34.8 Å². The lowest BCUT2D eigenvalue weighted by Crippen LogP contribution is -2.09. The molecule has 0 bridgehead atoms. The maximum Gasteiger partial charge on any atom is 0.225 e. The van der Waals surface area contributed by atoms with E-state index in [2.05, 4.69) is 31.3 Å². The van der Waals surface area contributed by atoms with Crippen LogP contribution < -0.4 is 16.0 Å². The molecule has 0 atom stereocenters. The van der Waals surface area contributed by atoms with E-state index in [1.165, 1.54) is 11.8 Å². The molecule has 1 heterocycles. The molecule has 0 unspecified atom stereocenters. The number of hydrogen-bond acceptors (Lipinski definition) is 6. The SMILES string of the molecule is CSc1nc(NN)cc(Oc2cccc(Br)c2)n1. The number of nitrogens with two attached hydrogens (primary N) is 1. The van der Waals surface area contributed by atoms with E-state index < -0.39 is 0 Å². The van der Waals surface area contributed by atoms with Gasteiger partial charge in [0.1, 0.15) is 11.6 Å². The van der Waals surface area contributed by atoms with Gasteiger partial charge in [-0.3, -0.25) is 0 Å². The minimum Gasteiger partial charge on any atom is -0.439 e. The van der Waals surface area contributed by atoms with Crippen molar-refractivity contribution in [3.8, 4) is 11.6 Å². The first kappa shape index (κ1) is 13.1. The van der Waals surface area contributed by atoms with Crippen molar-refractivity contribution in [2.45, 2.75) is 5.16 Å². The molecular formula is C11H11BrN4OS. The monoisotopic (exact) mass is 326 g/mol. The molecule has 7 heteroatoms. The quantitative estimate of drug-likeness (QED) is 0.389. The summed E-state index contributed by atoms with van der Waals surface area (Å²) in [6.07, 6.45) is 1.89. The van der Waals surface area contributed by atoms with Crippen LogP contribution in [0.25, 0.3) is 0 Å². The van der Waals surface area contributed by atoms with Gasteiger partial charge in [0, 0.05) is 10.5 Å². The molecule has 5 nitrogen and oxygen atoms in total. The minimum atomic E-state index is 0.445. The molecule has 0 saturated carbocycles.